The molecule has 0 aromatic carbocycles. The highest BCUT2D eigenvalue weighted by Crippen LogP contribution is 2.24. The van der Waals surface area contributed by atoms with Crippen molar-refractivity contribution >= 4 is 5.91 Å². The number of carbonyl (C=O) groups is 1. The van der Waals surface area contributed by atoms with Crippen molar-refractivity contribution in [3.8, 4) is 0 Å². The van der Waals surface area contributed by atoms with Crippen molar-refractivity contribution in [1.29, 1.82) is 0 Å². The van der Waals surface area contributed by atoms with E-state index in [2.05, 4.69) is 34.1 Å². The van der Waals surface area contributed by atoms with Gasteiger partial charge in [0.25, 0.3) is 0 Å². The Morgan fingerprint density at radius 1 is 1.22 bits per heavy atom. The van der Waals surface area contributed by atoms with Gasteiger partial charge in [-0.05, 0) is 31.7 Å². The Hall–Kier alpha value is -1.50. The van der Waals surface area contributed by atoms with E-state index in [0.717, 1.165) is 51.4 Å². The van der Waals surface area contributed by atoms with Crippen molar-refractivity contribution in [3.05, 3.63) is 30.1 Å². The van der Waals surface area contributed by atoms with Gasteiger partial charge in [0, 0.05) is 64.2 Å². The summed E-state index contributed by atoms with van der Waals surface area (Å²) in [5.41, 5.74) is 1.05. The Labute approximate surface area is 138 Å². The van der Waals surface area contributed by atoms with Crippen molar-refractivity contribution < 1.29 is 4.79 Å². The smallest absolute Gasteiger partial charge is 0.244 e. The Balaban J connectivity index is 1.81. The maximum atomic E-state index is 13.2. The Bertz CT molecular complexity index is 515. The quantitative estimate of drug-likeness (QED) is 0.862. The van der Waals surface area contributed by atoms with Gasteiger partial charge in [-0.2, -0.15) is 0 Å². The number of hydrogen-bond acceptors (Lipinski definition) is 5. The van der Waals surface area contributed by atoms with Crippen LogP contribution in [0.15, 0.2) is 24.5 Å². The molecule has 3 rings (SSSR count). The van der Waals surface area contributed by atoms with E-state index in [1.807, 2.05) is 17.0 Å². The fourth-order valence-electron chi connectivity index (χ4n) is 3.45. The van der Waals surface area contributed by atoms with Crippen molar-refractivity contribution in [1.82, 2.24) is 25.0 Å². The van der Waals surface area contributed by atoms with Gasteiger partial charge in [-0.25, -0.2) is 0 Å². The SMILES string of the molecule is CC1CN(C(C(=O)N2CCN(C)CC2)c2ccncc2)CCN1. The molecule has 2 saturated heterocycles. The molecule has 2 aliphatic rings. The first-order valence-corrected chi connectivity index (χ1v) is 8.50. The average molecular weight is 317 g/mol. The first-order valence-electron chi connectivity index (χ1n) is 8.50. The van der Waals surface area contributed by atoms with Gasteiger partial charge in [0.05, 0.1) is 0 Å². The third-order valence-corrected chi connectivity index (χ3v) is 4.84. The van der Waals surface area contributed by atoms with Crippen molar-refractivity contribution in [3.63, 3.8) is 0 Å². The van der Waals surface area contributed by atoms with Crippen LogP contribution in [0.2, 0.25) is 0 Å². The van der Waals surface area contributed by atoms with E-state index in [9.17, 15) is 4.79 Å². The molecule has 1 aromatic heterocycles. The number of pyridine rings is 1. The normalized spacial score (nSPS) is 25.3. The van der Waals surface area contributed by atoms with Gasteiger partial charge >= 0.3 is 0 Å². The van der Waals surface area contributed by atoms with Crippen LogP contribution in [0.4, 0.5) is 0 Å². The number of rotatable bonds is 3. The highest BCUT2D eigenvalue weighted by molar-refractivity contribution is 5.83. The molecule has 2 unspecified atom stereocenters. The molecule has 1 amide bonds. The van der Waals surface area contributed by atoms with Crippen LogP contribution in [0.5, 0.6) is 0 Å². The van der Waals surface area contributed by atoms with Gasteiger partial charge in [-0.3, -0.25) is 14.7 Å². The fraction of sp³-hybridized carbons (Fsp3) is 0.647. The van der Waals surface area contributed by atoms with Gasteiger partial charge in [0.1, 0.15) is 6.04 Å². The van der Waals surface area contributed by atoms with Crippen molar-refractivity contribution in [2.45, 2.75) is 19.0 Å². The second-order valence-electron chi connectivity index (χ2n) is 6.66. The van der Waals surface area contributed by atoms with E-state index >= 15 is 0 Å². The number of hydrogen-bond donors (Lipinski definition) is 1. The summed E-state index contributed by atoms with van der Waals surface area (Å²) in [5.74, 6) is 0.235. The minimum absolute atomic E-state index is 0.189. The van der Waals surface area contributed by atoms with Crippen LogP contribution in [0.3, 0.4) is 0 Å². The maximum absolute atomic E-state index is 13.2. The molecular formula is C17H27N5O. The topological polar surface area (TPSA) is 51.7 Å². The Morgan fingerprint density at radius 2 is 1.91 bits per heavy atom. The predicted octanol–water partition coefficient (Wildman–Crippen LogP) is 0.190. The van der Waals surface area contributed by atoms with Crippen LogP contribution >= 0.6 is 0 Å². The number of aromatic nitrogens is 1. The molecule has 2 atom stereocenters. The van der Waals surface area contributed by atoms with Crippen LogP contribution in [-0.4, -0.2) is 84.5 Å². The second kappa shape index (κ2) is 7.38. The zero-order valence-electron chi connectivity index (χ0n) is 14.1. The summed E-state index contributed by atoms with van der Waals surface area (Å²) in [7, 11) is 2.11. The van der Waals surface area contributed by atoms with Crippen LogP contribution < -0.4 is 5.32 Å². The highest BCUT2D eigenvalue weighted by atomic mass is 16.2. The van der Waals surface area contributed by atoms with Crippen LogP contribution in [0.1, 0.15) is 18.5 Å². The van der Waals surface area contributed by atoms with Crippen LogP contribution in [0, 0.1) is 0 Å². The largest absolute Gasteiger partial charge is 0.338 e. The lowest BCUT2D eigenvalue weighted by molar-refractivity contribution is -0.139. The summed E-state index contributed by atoms with van der Waals surface area (Å²) < 4.78 is 0. The van der Waals surface area contributed by atoms with Gasteiger partial charge in [-0.1, -0.05) is 0 Å². The third-order valence-electron chi connectivity index (χ3n) is 4.84. The average Bonchev–Trinajstić information content (AvgIpc) is 2.57. The fourth-order valence-corrected chi connectivity index (χ4v) is 3.45. The molecule has 6 nitrogen and oxygen atoms in total. The number of piperazine rings is 2. The summed E-state index contributed by atoms with van der Waals surface area (Å²) in [5, 5.41) is 3.46. The first-order chi connectivity index (χ1) is 11.1. The first kappa shape index (κ1) is 16.4. The van der Waals surface area contributed by atoms with E-state index in [1.165, 1.54) is 0 Å². The number of amides is 1. The van der Waals surface area contributed by atoms with E-state index < -0.39 is 0 Å². The Kier molecular flexibility index (Phi) is 5.25. The third kappa shape index (κ3) is 3.88. The monoisotopic (exact) mass is 317 g/mol. The zero-order valence-corrected chi connectivity index (χ0v) is 14.1. The highest BCUT2D eigenvalue weighted by Gasteiger charge is 2.34. The number of nitrogens with one attached hydrogen (secondary N) is 1. The lowest BCUT2D eigenvalue weighted by atomic mass is 10.0. The van der Waals surface area contributed by atoms with Crippen LogP contribution in [-0.2, 0) is 4.79 Å². The minimum atomic E-state index is -0.189. The molecule has 1 N–H and O–H groups in total. The van der Waals surface area contributed by atoms with E-state index in [4.69, 9.17) is 0 Å². The molecule has 3 heterocycles. The molecule has 1 aromatic rings. The minimum Gasteiger partial charge on any atom is -0.338 e. The van der Waals surface area contributed by atoms with E-state index in [0.29, 0.717) is 6.04 Å². The van der Waals surface area contributed by atoms with E-state index in [1.54, 1.807) is 12.4 Å². The summed E-state index contributed by atoms with van der Waals surface area (Å²) in [4.78, 5) is 24.0. The van der Waals surface area contributed by atoms with Gasteiger partial charge < -0.3 is 15.1 Å². The Morgan fingerprint density at radius 3 is 2.57 bits per heavy atom. The predicted molar refractivity (Wildman–Crippen MR) is 90.1 cm³/mol. The lowest BCUT2D eigenvalue weighted by Gasteiger charge is -2.41. The molecule has 23 heavy (non-hydrogen) atoms. The number of likely N-dealkylation sites (N-methyl/N-ethyl adjacent to an activating group) is 1. The van der Waals surface area contributed by atoms with Gasteiger partial charge in [-0.15, -0.1) is 0 Å². The molecular weight excluding hydrogens is 290 g/mol. The lowest BCUT2D eigenvalue weighted by Crippen LogP contribution is -2.55. The molecule has 0 bridgehead atoms. The van der Waals surface area contributed by atoms with Gasteiger partial charge in [0.2, 0.25) is 5.91 Å². The number of nitrogens with zero attached hydrogens (tertiary/aromatic N) is 4. The summed E-state index contributed by atoms with van der Waals surface area (Å²) in [6.45, 7) is 8.44. The molecule has 2 aliphatic heterocycles. The molecule has 0 saturated carbocycles. The summed E-state index contributed by atoms with van der Waals surface area (Å²) in [6, 6.07) is 4.18. The maximum Gasteiger partial charge on any atom is 0.244 e. The molecule has 126 valence electrons. The molecule has 2 fully saturated rings. The summed E-state index contributed by atoms with van der Waals surface area (Å²) in [6.07, 6.45) is 3.57. The second-order valence-corrected chi connectivity index (χ2v) is 6.66. The van der Waals surface area contributed by atoms with Crippen molar-refractivity contribution in [2.75, 3.05) is 52.9 Å². The molecule has 6 heteroatoms. The van der Waals surface area contributed by atoms with Crippen molar-refractivity contribution in [2.24, 2.45) is 0 Å². The summed E-state index contributed by atoms with van der Waals surface area (Å²) >= 11 is 0. The molecule has 0 aliphatic carbocycles. The van der Waals surface area contributed by atoms with Gasteiger partial charge in [0.15, 0.2) is 0 Å². The standard InChI is InChI=1S/C17H27N5O/c1-14-13-22(8-7-19-14)16(15-3-5-18-6-4-15)17(23)21-11-9-20(2)10-12-21/h3-6,14,16,19H,7-13H2,1-2H3. The van der Waals surface area contributed by atoms with E-state index in [-0.39, 0.29) is 11.9 Å². The number of carbonyl (C=O) groups excluding carboxylic acids is 1. The zero-order chi connectivity index (χ0) is 16.2. The molecule has 0 radical (unpaired) electrons. The molecule has 0 spiro atoms. The van der Waals surface area contributed by atoms with Crippen LogP contribution in [0.25, 0.3) is 0 Å².